The number of hydrogen-bond acceptors (Lipinski definition) is 5. The molecule has 6 heteroatoms. The topological polar surface area (TPSA) is 54.0 Å². The lowest BCUT2D eigenvalue weighted by molar-refractivity contribution is -0.116. The highest BCUT2D eigenvalue weighted by Gasteiger charge is 2.34. The van der Waals surface area contributed by atoms with Crippen molar-refractivity contribution in [2.75, 3.05) is 45.7 Å². The van der Waals surface area contributed by atoms with Crippen molar-refractivity contribution in [1.29, 1.82) is 0 Å². The molecule has 0 saturated carbocycles. The average Bonchev–Trinajstić information content (AvgIpc) is 3.38. The van der Waals surface area contributed by atoms with E-state index in [0.29, 0.717) is 29.9 Å². The summed E-state index contributed by atoms with van der Waals surface area (Å²) in [6.45, 7) is 5.58. The standard InChI is InChI=1S/C27H37N3O3/c1-32-25-12-11-23(18-26(25)33-2)28-27(31)13-10-22-20-29(19-21-8-4-3-5-9-21)17-14-24(22)30-15-6-7-16-30/h3-5,8-9,11-12,18,22,24H,6-7,10,13-17,19-20H2,1-2H3,(H,28,31)/t22-,24+/m1/s1. The fraction of sp³-hybridized carbons (Fsp3) is 0.519. The summed E-state index contributed by atoms with van der Waals surface area (Å²) in [6, 6.07) is 16.8. The molecule has 0 aliphatic carbocycles. The van der Waals surface area contributed by atoms with Gasteiger partial charge in [-0.3, -0.25) is 9.69 Å². The van der Waals surface area contributed by atoms with Gasteiger partial charge in [-0.25, -0.2) is 0 Å². The Kier molecular flexibility index (Phi) is 8.24. The highest BCUT2D eigenvalue weighted by molar-refractivity contribution is 5.91. The summed E-state index contributed by atoms with van der Waals surface area (Å²) in [7, 11) is 3.21. The highest BCUT2D eigenvalue weighted by Crippen LogP contribution is 2.31. The number of piperidine rings is 1. The van der Waals surface area contributed by atoms with Crippen LogP contribution in [-0.2, 0) is 11.3 Å². The second-order valence-corrected chi connectivity index (χ2v) is 9.24. The molecular formula is C27H37N3O3. The second kappa shape index (κ2) is 11.5. The van der Waals surface area contributed by atoms with Crippen LogP contribution in [0, 0.1) is 5.92 Å². The van der Waals surface area contributed by atoms with Crippen LogP contribution >= 0.6 is 0 Å². The predicted molar refractivity (Wildman–Crippen MR) is 132 cm³/mol. The van der Waals surface area contributed by atoms with E-state index < -0.39 is 0 Å². The van der Waals surface area contributed by atoms with Crippen LogP contribution in [-0.4, -0.2) is 62.1 Å². The molecule has 0 unspecified atom stereocenters. The number of nitrogens with one attached hydrogen (secondary N) is 1. The lowest BCUT2D eigenvalue weighted by Crippen LogP contribution is -2.50. The fourth-order valence-electron chi connectivity index (χ4n) is 5.37. The Hall–Kier alpha value is -2.57. The van der Waals surface area contributed by atoms with E-state index in [1.807, 2.05) is 18.2 Å². The molecule has 2 aliphatic heterocycles. The molecule has 4 rings (SSSR count). The molecule has 2 atom stereocenters. The number of amides is 1. The minimum atomic E-state index is 0.0579. The maximum Gasteiger partial charge on any atom is 0.224 e. The monoisotopic (exact) mass is 451 g/mol. The minimum Gasteiger partial charge on any atom is -0.493 e. The predicted octanol–water partition coefficient (Wildman–Crippen LogP) is 4.41. The van der Waals surface area contributed by atoms with Gasteiger partial charge in [-0.15, -0.1) is 0 Å². The van der Waals surface area contributed by atoms with E-state index >= 15 is 0 Å². The Morgan fingerprint density at radius 3 is 2.48 bits per heavy atom. The fourth-order valence-corrected chi connectivity index (χ4v) is 5.37. The van der Waals surface area contributed by atoms with Crippen molar-refractivity contribution < 1.29 is 14.3 Å². The summed E-state index contributed by atoms with van der Waals surface area (Å²) in [5.74, 6) is 1.84. The Balaban J connectivity index is 1.36. The second-order valence-electron chi connectivity index (χ2n) is 9.24. The third kappa shape index (κ3) is 6.27. The first kappa shape index (κ1) is 23.6. The van der Waals surface area contributed by atoms with Crippen molar-refractivity contribution in [1.82, 2.24) is 9.80 Å². The molecule has 33 heavy (non-hydrogen) atoms. The molecule has 2 saturated heterocycles. The molecule has 2 aromatic carbocycles. The summed E-state index contributed by atoms with van der Waals surface area (Å²) in [4.78, 5) is 18.0. The van der Waals surface area contributed by atoms with Crippen molar-refractivity contribution in [3.8, 4) is 11.5 Å². The maximum absolute atomic E-state index is 12.8. The van der Waals surface area contributed by atoms with Gasteiger partial charge in [-0.2, -0.15) is 0 Å². The van der Waals surface area contributed by atoms with E-state index in [1.54, 1.807) is 14.2 Å². The number of methoxy groups -OCH3 is 2. The molecular weight excluding hydrogens is 414 g/mol. The average molecular weight is 452 g/mol. The zero-order valence-electron chi connectivity index (χ0n) is 20.0. The molecule has 1 amide bonds. The van der Waals surface area contributed by atoms with Gasteiger partial charge < -0.3 is 19.7 Å². The van der Waals surface area contributed by atoms with Gasteiger partial charge in [0.05, 0.1) is 14.2 Å². The molecule has 6 nitrogen and oxygen atoms in total. The number of likely N-dealkylation sites (tertiary alicyclic amines) is 2. The minimum absolute atomic E-state index is 0.0579. The van der Waals surface area contributed by atoms with Gasteiger partial charge in [-0.1, -0.05) is 30.3 Å². The summed E-state index contributed by atoms with van der Waals surface area (Å²) in [5, 5.41) is 3.04. The van der Waals surface area contributed by atoms with E-state index in [1.165, 1.54) is 37.9 Å². The summed E-state index contributed by atoms with van der Waals surface area (Å²) in [6.07, 6.45) is 5.23. The van der Waals surface area contributed by atoms with Gasteiger partial charge in [0.2, 0.25) is 5.91 Å². The third-order valence-electron chi connectivity index (χ3n) is 7.05. The number of carbonyl (C=O) groups excluding carboxylic acids is 1. The third-order valence-corrected chi connectivity index (χ3v) is 7.05. The van der Waals surface area contributed by atoms with Gasteiger partial charge in [0.25, 0.3) is 0 Å². The van der Waals surface area contributed by atoms with Crippen LogP contribution in [0.15, 0.2) is 48.5 Å². The molecule has 2 heterocycles. The van der Waals surface area contributed by atoms with Crippen molar-refractivity contribution in [3.05, 3.63) is 54.1 Å². The van der Waals surface area contributed by atoms with Gasteiger partial charge in [0, 0.05) is 37.3 Å². The van der Waals surface area contributed by atoms with Gasteiger partial charge in [0.1, 0.15) is 0 Å². The van der Waals surface area contributed by atoms with Crippen molar-refractivity contribution in [2.24, 2.45) is 5.92 Å². The Morgan fingerprint density at radius 2 is 1.76 bits per heavy atom. The van der Waals surface area contributed by atoms with Gasteiger partial charge in [-0.05, 0) is 68.9 Å². The van der Waals surface area contributed by atoms with Crippen molar-refractivity contribution in [2.45, 2.75) is 44.7 Å². The van der Waals surface area contributed by atoms with Crippen LogP contribution in [0.1, 0.15) is 37.7 Å². The molecule has 2 fully saturated rings. The zero-order chi connectivity index (χ0) is 23.0. The Labute approximate surface area is 197 Å². The van der Waals surface area contributed by atoms with Crippen LogP contribution < -0.4 is 14.8 Å². The van der Waals surface area contributed by atoms with Gasteiger partial charge in [0.15, 0.2) is 11.5 Å². The van der Waals surface area contributed by atoms with Crippen molar-refractivity contribution in [3.63, 3.8) is 0 Å². The molecule has 0 aromatic heterocycles. The molecule has 0 radical (unpaired) electrons. The Bertz CT molecular complexity index is 899. The highest BCUT2D eigenvalue weighted by atomic mass is 16.5. The molecule has 2 aliphatic rings. The molecule has 1 N–H and O–H groups in total. The first-order chi connectivity index (χ1) is 16.2. The largest absolute Gasteiger partial charge is 0.493 e. The molecule has 178 valence electrons. The van der Waals surface area contributed by atoms with Crippen molar-refractivity contribution >= 4 is 11.6 Å². The normalized spacial score (nSPS) is 21.6. The van der Waals surface area contributed by atoms with E-state index in [9.17, 15) is 4.79 Å². The van der Waals surface area contributed by atoms with Crippen LogP contribution in [0.4, 0.5) is 5.69 Å². The number of nitrogens with zero attached hydrogens (tertiary/aromatic N) is 2. The number of ether oxygens (including phenoxy) is 2. The number of carbonyl (C=O) groups is 1. The summed E-state index contributed by atoms with van der Waals surface area (Å²) < 4.78 is 10.6. The SMILES string of the molecule is COc1ccc(NC(=O)CC[C@@H]2CN(Cc3ccccc3)CC[C@@H]2N2CCCC2)cc1OC. The van der Waals surface area contributed by atoms with Crippen LogP contribution in [0.25, 0.3) is 0 Å². The zero-order valence-corrected chi connectivity index (χ0v) is 20.0. The number of anilines is 1. The van der Waals surface area contributed by atoms with E-state index in [4.69, 9.17) is 9.47 Å². The molecule has 2 aromatic rings. The number of rotatable bonds is 9. The van der Waals surface area contributed by atoms with Crippen LogP contribution in [0.2, 0.25) is 0 Å². The van der Waals surface area contributed by atoms with Gasteiger partial charge >= 0.3 is 0 Å². The van der Waals surface area contributed by atoms with E-state index in [2.05, 4.69) is 45.4 Å². The first-order valence-corrected chi connectivity index (χ1v) is 12.2. The Morgan fingerprint density at radius 1 is 1.00 bits per heavy atom. The maximum atomic E-state index is 12.8. The van der Waals surface area contributed by atoms with E-state index in [-0.39, 0.29) is 5.91 Å². The summed E-state index contributed by atoms with van der Waals surface area (Å²) >= 11 is 0. The van der Waals surface area contributed by atoms with Crippen LogP contribution in [0.3, 0.4) is 0 Å². The number of benzene rings is 2. The first-order valence-electron chi connectivity index (χ1n) is 12.2. The summed E-state index contributed by atoms with van der Waals surface area (Å²) in [5.41, 5.74) is 2.10. The lowest BCUT2D eigenvalue weighted by atomic mass is 9.86. The molecule has 0 bridgehead atoms. The molecule has 0 spiro atoms. The quantitative estimate of drug-likeness (QED) is 0.612. The number of hydrogen-bond donors (Lipinski definition) is 1. The lowest BCUT2D eigenvalue weighted by Gasteiger charge is -2.43. The van der Waals surface area contributed by atoms with E-state index in [0.717, 1.165) is 31.7 Å². The smallest absolute Gasteiger partial charge is 0.224 e. The van der Waals surface area contributed by atoms with Crippen LogP contribution in [0.5, 0.6) is 11.5 Å².